The van der Waals surface area contributed by atoms with Crippen LogP contribution in [0, 0.1) is 6.92 Å². The van der Waals surface area contributed by atoms with E-state index < -0.39 is 0 Å². The van der Waals surface area contributed by atoms with Crippen LogP contribution in [0.2, 0.25) is 0 Å². The number of amides is 1. The van der Waals surface area contributed by atoms with Gasteiger partial charge in [-0.25, -0.2) is 4.98 Å². The first-order valence-corrected chi connectivity index (χ1v) is 5.89. The molecule has 0 spiro atoms. The van der Waals surface area contributed by atoms with Gasteiger partial charge in [-0.15, -0.1) is 0 Å². The van der Waals surface area contributed by atoms with Crippen molar-refractivity contribution >= 4 is 17.2 Å². The second-order valence-electron chi connectivity index (χ2n) is 4.26. The van der Waals surface area contributed by atoms with Gasteiger partial charge in [0.1, 0.15) is 5.65 Å². The average Bonchev–Trinajstić information content (AvgIpc) is 2.78. The lowest BCUT2D eigenvalue weighted by atomic mass is 10.2. The number of imidazole rings is 1. The van der Waals surface area contributed by atoms with Crippen molar-refractivity contribution in [3.63, 3.8) is 0 Å². The Hall–Kier alpha value is -2.69. The van der Waals surface area contributed by atoms with E-state index in [-0.39, 0.29) is 5.91 Å². The number of rotatable bonds is 2. The van der Waals surface area contributed by atoms with Gasteiger partial charge in [0.15, 0.2) is 0 Å². The summed E-state index contributed by atoms with van der Waals surface area (Å²) in [7, 11) is 0. The van der Waals surface area contributed by atoms with E-state index in [9.17, 15) is 4.79 Å². The van der Waals surface area contributed by atoms with Gasteiger partial charge in [-0.2, -0.15) is 0 Å². The standard InChI is InChI=1S/C14H12N4O/c1-10-9-18-6-4-11(7-13(18)16-10)14(19)17-12-3-2-5-15-8-12/h2-9H,1H3,(H,17,19). The van der Waals surface area contributed by atoms with Crippen molar-refractivity contribution in [2.45, 2.75) is 6.92 Å². The Morgan fingerprint density at radius 1 is 1.37 bits per heavy atom. The van der Waals surface area contributed by atoms with Crippen molar-refractivity contribution in [3.05, 3.63) is 60.3 Å². The highest BCUT2D eigenvalue weighted by Gasteiger charge is 2.08. The summed E-state index contributed by atoms with van der Waals surface area (Å²) in [6, 6.07) is 7.10. The lowest BCUT2D eigenvalue weighted by molar-refractivity contribution is 0.102. The summed E-state index contributed by atoms with van der Waals surface area (Å²) in [6.45, 7) is 1.92. The van der Waals surface area contributed by atoms with E-state index in [1.54, 1.807) is 36.7 Å². The quantitative estimate of drug-likeness (QED) is 0.761. The topological polar surface area (TPSA) is 59.3 Å². The van der Waals surface area contributed by atoms with E-state index in [1.807, 2.05) is 23.7 Å². The normalized spacial score (nSPS) is 10.6. The monoisotopic (exact) mass is 252 g/mol. The molecule has 0 bridgehead atoms. The fraction of sp³-hybridized carbons (Fsp3) is 0.0714. The van der Waals surface area contributed by atoms with Crippen LogP contribution in [0.1, 0.15) is 16.1 Å². The minimum atomic E-state index is -0.170. The molecular formula is C14H12N4O. The molecule has 0 aliphatic carbocycles. The molecule has 5 heteroatoms. The van der Waals surface area contributed by atoms with Gasteiger partial charge in [0.05, 0.1) is 17.6 Å². The summed E-state index contributed by atoms with van der Waals surface area (Å²) in [5.74, 6) is -0.170. The fourth-order valence-corrected chi connectivity index (χ4v) is 1.89. The molecule has 0 aliphatic rings. The smallest absolute Gasteiger partial charge is 0.255 e. The van der Waals surface area contributed by atoms with Gasteiger partial charge < -0.3 is 9.72 Å². The highest BCUT2D eigenvalue weighted by Crippen LogP contribution is 2.10. The first kappa shape index (κ1) is 11.4. The molecule has 1 amide bonds. The highest BCUT2D eigenvalue weighted by atomic mass is 16.1. The predicted molar refractivity (Wildman–Crippen MR) is 72.1 cm³/mol. The third kappa shape index (κ3) is 2.30. The van der Waals surface area contributed by atoms with Crippen LogP contribution in [-0.4, -0.2) is 20.3 Å². The van der Waals surface area contributed by atoms with Crippen LogP contribution < -0.4 is 5.32 Å². The van der Waals surface area contributed by atoms with Crippen LogP contribution in [0.15, 0.2) is 49.1 Å². The van der Waals surface area contributed by atoms with Gasteiger partial charge in [-0.3, -0.25) is 9.78 Å². The molecule has 0 saturated heterocycles. The number of fused-ring (bicyclic) bond motifs is 1. The summed E-state index contributed by atoms with van der Waals surface area (Å²) < 4.78 is 1.89. The lowest BCUT2D eigenvalue weighted by Crippen LogP contribution is -2.12. The largest absolute Gasteiger partial charge is 0.321 e. The number of pyridine rings is 2. The summed E-state index contributed by atoms with van der Waals surface area (Å²) in [5, 5.41) is 2.79. The van der Waals surface area contributed by atoms with Gasteiger partial charge in [0, 0.05) is 24.2 Å². The highest BCUT2D eigenvalue weighted by molar-refractivity contribution is 6.04. The molecule has 0 unspecified atom stereocenters. The molecule has 0 aromatic carbocycles. The van der Waals surface area contributed by atoms with Gasteiger partial charge >= 0.3 is 0 Å². The maximum atomic E-state index is 12.1. The molecule has 94 valence electrons. The number of aryl methyl sites for hydroxylation is 1. The summed E-state index contributed by atoms with van der Waals surface area (Å²) in [4.78, 5) is 20.4. The first-order chi connectivity index (χ1) is 9.22. The molecule has 3 aromatic rings. The van der Waals surface area contributed by atoms with E-state index in [1.165, 1.54) is 0 Å². The minimum Gasteiger partial charge on any atom is -0.321 e. The molecule has 0 fully saturated rings. The fourth-order valence-electron chi connectivity index (χ4n) is 1.89. The van der Waals surface area contributed by atoms with Gasteiger partial charge in [-0.05, 0) is 31.2 Å². The van der Waals surface area contributed by atoms with Crippen LogP contribution >= 0.6 is 0 Å². The van der Waals surface area contributed by atoms with Gasteiger partial charge in [-0.1, -0.05) is 0 Å². The lowest BCUT2D eigenvalue weighted by Gasteiger charge is -2.04. The first-order valence-electron chi connectivity index (χ1n) is 5.89. The molecule has 0 saturated carbocycles. The van der Waals surface area contributed by atoms with E-state index >= 15 is 0 Å². The molecule has 0 radical (unpaired) electrons. The Labute approximate surface area is 109 Å². The molecule has 3 aromatic heterocycles. The summed E-state index contributed by atoms with van der Waals surface area (Å²) in [5.41, 5.74) is 2.93. The number of anilines is 1. The predicted octanol–water partition coefficient (Wildman–Crippen LogP) is 2.29. The minimum absolute atomic E-state index is 0.170. The zero-order valence-corrected chi connectivity index (χ0v) is 10.4. The number of aromatic nitrogens is 3. The zero-order valence-electron chi connectivity index (χ0n) is 10.4. The number of nitrogens with one attached hydrogen (secondary N) is 1. The van der Waals surface area contributed by atoms with Crippen LogP contribution in [0.3, 0.4) is 0 Å². The SMILES string of the molecule is Cc1cn2ccc(C(=O)Nc3cccnc3)cc2n1. The molecule has 0 atom stereocenters. The number of carbonyl (C=O) groups excluding carboxylic acids is 1. The number of hydrogen-bond acceptors (Lipinski definition) is 3. The van der Waals surface area contributed by atoms with Gasteiger partial charge in [0.25, 0.3) is 5.91 Å². The number of carbonyl (C=O) groups is 1. The summed E-state index contributed by atoms with van der Waals surface area (Å²) in [6.07, 6.45) is 7.01. The molecule has 0 aliphatic heterocycles. The zero-order chi connectivity index (χ0) is 13.2. The molecule has 3 rings (SSSR count). The summed E-state index contributed by atoms with van der Waals surface area (Å²) >= 11 is 0. The Morgan fingerprint density at radius 3 is 3.05 bits per heavy atom. The third-order valence-electron chi connectivity index (χ3n) is 2.76. The van der Waals surface area contributed by atoms with Crippen molar-refractivity contribution in [1.29, 1.82) is 0 Å². The van der Waals surface area contributed by atoms with Crippen molar-refractivity contribution < 1.29 is 4.79 Å². The van der Waals surface area contributed by atoms with Crippen molar-refractivity contribution in [2.75, 3.05) is 5.32 Å². The van der Waals surface area contributed by atoms with E-state index in [2.05, 4.69) is 15.3 Å². The Morgan fingerprint density at radius 2 is 2.26 bits per heavy atom. The molecular weight excluding hydrogens is 240 g/mol. The van der Waals surface area contributed by atoms with E-state index in [0.717, 1.165) is 11.3 Å². The molecule has 5 nitrogen and oxygen atoms in total. The Balaban J connectivity index is 1.89. The average molecular weight is 252 g/mol. The van der Waals surface area contributed by atoms with Gasteiger partial charge in [0.2, 0.25) is 0 Å². The van der Waals surface area contributed by atoms with Crippen molar-refractivity contribution in [3.8, 4) is 0 Å². The number of nitrogens with zero attached hydrogens (tertiary/aromatic N) is 3. The second kappa shape index (κ2) is 4.53. The van der Waals surface area contributed by atoms with Crippen LogP contribution in [-0.2, 0) is 0 Å². The van der Waals surface area contributed by atoms with E-state index in [4.69, 9.17) is 0 Å². The molecule has 19 heavy (non-hydrogen) atoms. The Bertz CT molecular complexity index is 734. The third-order valence-corrected chi connectivity index (χ3v) is 2.76. The maximum Gasteiger partial charge on any atom is 0.255 e. The Kier molecular flexibility index (Phi) is 2.72. The van der Waals surface area contributed by atoms with E-state index in [0.29, 0.717) is 11.3 Å². The van der Waals surface area contributed by atoms with Crippen molar-refractivity contribution in [2.24, 2.45) is 0 Å². The number of hydrogen-bond donors (Lipinski definition) is 1. The maximum absolute atomic E-state index is 12.1. The molecule has 1 N–H and O–H groups in total. The molecule has 3 heterocycles. The van der Waals surface area contributed by atoms with Crippen molar-refractivity contribution in [1.82, 2.24) is 14.4 Å². The van der Waals surface area contributed by atoms with Crippen LogP contribution in [0.4, 0.5) is 5.69 Å². The second-order valence-corrected chi connectivity index (χ2v) is 4.26. The van der Waals surface area contributed by atoms with Crippen LogP contribution in [0.25, 0.3) is 5.65 Å². The van der Waals surface area contributed by atoms with Crippen LogP contribution in [0.5, 0.6) is 0 Å².